The van der Waals surface area contributed by atoms with E-state index in [1.54, 1.807) is 11.3 Å². The van der Waals surface area contributed by atoms with E-state index in [0.29, 0.717) is 0 Å². The molecule has 1 fully saturated rings. The molecule has 4 nitrogen and oxygen atoms in total. The van der Waals surface area contributed by atoms with Gasteiger partial charge in [0.05, 0.1) is 6.54 Å². The maximum atomic E-state index is 4.38. The minimum Gasteiger partial charge on any atom is -0.356 e. The SMILES string of the molecule is CN=C(NCc1ncc(C)s1)NCC1(c2ccccc2C)CC1.I. The molecule has 1 heterocycles. The number of nitrogens with zero attached hydrogens (tertiary/aromatic N) is 2. The minimum absolute atomic E-state index is 0. The fraction of sp³-hybridized carbons (Fsp3) is 0.444. The molecule has 0 atom stereocenters. The van der Waals surface area contributed by atoms with Gasteiger partial charge in [0, 0.05) is 30.1 Å². The molecule has 1 aliphatic carbocycles. The summed E-state index contributed by atoms with van der Waals surface area (Å²) >= 11 is 1.72. The van der Waals surface area contributed by atoms with Gasteiger partial charge in [0.25, 0.3) is 0 Å². The van der Waals surface area contributed by atoms with Crippen LogP contribution in [-0.4, -0.2) is 24.5 Å². The quantitative estimate of drug-likeness (QED) is 0.409. The van der Waals surface area contributed by atoms with Crippen LogP contribution in [0.25, 0.3) is 0 Å². The van der Waals surface area contributed by atoms with Gasteiger partial charge in [-0.3, -0.25) is 4.99 Å². The van der Waals surface area contributed by atoms with Crippen LogP contribution in [-0.2, 0) is 12.0 Å². The highest BCUT2D eigenvalue weighted by molar-refractivity contribution is 14.0. The zero-order valence-corrected chi connectivity index (χ0v) is 17.6. The number of halogens is 1. The van der Waals surface area contributed by atoms with Gasteiger partial charge in [0.1, 0.15) is 5.01 Å². The van der Waals surface area contributed by atoms with E-state index in [9.17, 15) is 0 Å². The zero-order chi connectivity index (χ0) is 16.3. The van der Waals surface area contributed by atoms with Gasteiger partial charge < -0.3 is 10.6 Å². The second-order valence-electron chi connectivity index (χ2n) is 6.24. The monoisotopic (exact) mass is 456 g/mol. The van der Waals surface area contributed by atoms with E-state index in [2.05, 4.69) is 58.7 Å². The Morgan fingerprint density at radius 3 is 2.58 bits per heavy atom. The van der Waals surface area contributed by atoms with Crippen LogP contribution in [0.15, 0.2) is 35.5 Å². The maximum absolute atomic E-state index is 4.38. The Balaban J connectivity index is 0.00000208. The molecule has 0 unspecified atom stereocenters. The predicted molar refractivity (Wildman–Crippen MR) is 113 cm³/mol. The summed E-state index contributed by atoms with van der Waals surface area (Å²) in [5.74, 6) is 0.845. The average molecular weight is 456 g/mol. The van der Waals surface area contributed by atoms with Gasteiger partial charge in [-0.05, 0) is 37.8 Å². The molecule has 1 aliphatic rings. The molecule has 0 bridgehead atoms. The number of rotatable bonds is 5. The van der Waals surface area contributed by atoms with Crippen LogP contribution in [0.4, 0.5) is 0 Å². The molecule has 0 spiro atoms. The lowest BCUT2D eigenvalue weighted by atomic mass is 9.92. The van der Waals surface area contributed by atoms with Crippen LogP contribution in [0.3, 0.4) is 0 Å². The largest absolute Gasteiger partial charge is 0.356 e. The maximum Gasteiger partial charge on any atom is 0.191 e. The van der Waals surface area contributed by atoms with Crippen molar-refractivity contribution in [2.45, 2.75) is 38.6 Å². The highest BCUT2D eigenvalue weighted by Gasteiger charge is 2.44. The van der Waals surface area contributed by atoms with Crippen molar-refractivity contribution in [1.29, 1.82) is 0 Å². The molecule has 130 valence electrons. The number of benzene rings is 1. The lowest BCUT2D eigenvalue weighted by Gasteiger charge is -2.20. The van der Waals surface area contributed by atoms with E-state index in [1.807, 2.05) is 13.2 Å². The van der Waals surface area contributed by atoms with Gasteiger partial charge >= 0.3 is 0 Å². The van der Waals surface area contributed by atoms with Gasteiger partial charge in [-0.2, -0.15) is 0 Å². The van der Waals surface area contributed by atoms with E-state index in [4.69, 9.17) is 0 Å². The first-order valence-corrected chi connectivity index (χ1v) is 8.86. The van der Waals surface area contributed by atoms with Crippen LogP contribution in [0.2, 0.25) is 0 Å². The first kappa shape index (κ1) is 19.2. The molecule has 0 amide bonds. The normalized spacial score (nSPS) is 15.5. The summed E-state index contributed by atoms with van der Waals surface area (Å²) in [4.78, 5) is 9.94. The molecular formula is C18H25IN4S. The Morgan fingerprint density at radius 1 is 1.25 bits per heavy atom. The number of aliphatic imine (C=N–C) groups is 1. The van der Waals surface area contributed by atoms with Crippen LogP contribution >= 0.6 is 35.3 Å². The molecular weight excluding hydrogens is 431 g/mol. The summed E-state index contributed by atoms with van der Waals surface area (Å²) in [5, 5.41) is 7.93. The Bertz CT molecular complexity index is 707. The Hall–Kier alpha value is -1.15. The lowest BCUT2D eigenvalue weighted by molar-refractivity contribution is 0.642. The molecule has 0 aliphatic heterocycles. The Kier molecular flexibility index (Phi) is 6.62. The average Bonchev–Trinajstić information content (AvgIpc) is 3.22. The van der Waals surface area contributed by atoms with Crippen LogP contribution in [0.1, 0.15) is 33.9 Å². The van der Waals surface area contributed by atoms with E-state index in [0.717, 1.165) is 24.1 Å². The van der Waals surface area contributed by atoms with E-state index in [1.165, 1.54) is 28.8 Å². The van der Waals surface area contributed by atoms with Crippen molar-refractivity contribution >= 4 is 41.3 Å². The van der Waals surface area contributed by atoms with Crippen molar-refractivity contribution in [3.63, 3.8) is 0 Å². The first-order chi connectivity index (χ1) is 11.1. The van der Waals surface area contributed by atoms with Crippen molar-refractivity contribution in [3.05, 3.63) is 51.5 Å². The van der Waals surface area contributed by atoms with Gasteiger partial charge in [0.15, 0.2) is 5.96 Å². The Labute approximate surface area is 165 Å². The summed E-state index contributed by atoms with van der Waals surface area (Å²) in [7, 11) is 1.82. The van der Waals surface area contributed by atoms with Crippen LogP contribution in [0, 0.1) is 13.8 Å². The highest BCUT2D eigenvalue weighted by Crippen LogP contribution is 2.48. The summed E-state index contributed by atoms with van der Waals surface area (Å²) in [6.07, 6.45) is 4.40. The van der Waals surface area contributed by atoms with Crippen molar-refractivity contribution in [2.24, 2.45) is 4.99 Å². The van der Waals surface area contributed by atoms with Gasteiger partial charge in [-0.1, -0.05) is 24.3 Å². The summed E-state index contributed by atoms with van der Waals surface area (Å²) in [6, 6.07) is 8.71. The number of nitrogens with one attached hydrogen (secondary N) is 2. The highest BCUT2D eigenvalue weighted by atomic mass is 127. The third kappa shape index (κ3) is 4.47. The Morgan fingerprint density at radius 2 is 2.00 bits per heavy atom. The number of hydrogen-bond donors (Lipinski definition) is 2. The second kappa shape index (κ2) is 8.29. The fourth-order valence-electron chi connectivity index (χ4n) is 2.98. The number of aromatic nitrogens is 1. The smallest absolute Gasteiger partial charge is 0.191 e. The molecule has 2 aromatic rings. The third-order valence-electron chi connectivity index (χ3n) is 4.46. The number of aryl methyl sites for hydroxylation is 2. The fourth-order valence-corrected chi connectivity index (χ4v) is 3.70. The van der Waals surface area contributed by atoms with E-state index >= 15 is 0 Å². The van der Waals surface area contributed by atoms with Gasteiger partial charge in [-0.15, -0.1) is 35.3 Å². The van der Waals surface area contributed by atoms with Crippen molar-refractivity contribution in [1.82, 2.24) is 15.6 Å². The van der Waals surface area contributed by atoms with Crippen molar-refractivity contribution in [3.8, 4) is 0 Å². The summed E-state index contributed by atoms with van der Waals surface area (Å²) < 4.78 is 0. The van der Waals surface area contributed by atoms with E-state index < -0.39 is 0 Å². The molecule has 1 aromatic heterocycles. The van der Waals surface area contributed by atoms with Gasteiger partial charge in [0.2, 0.25) is 0 Å². The van der Waals surface area contributed by atoms with Crippen LogP contribution < -0.4 is 10.6 Å². The molecule has 2 N–H and O–H groups in total. The molecule has 0 saturated heterocycles. The molecule has 0 radical (unpaired) electrons. The number of hydrogen-bond acceptors (Lipinski definition) is 3. The first-order valence-electron chi connectivity index (χ1n) is 8.05. The number of thiazole rings is 1. The summed E-state index contributed by atoms with van der Waals surface area (Å²) in [5.41, 5.74) is 3.13. The molecule has 24 heavy (non-hydrogen) atoms. The van der Waals surface area contributed by atoms with Crippen molar-refractivity contribution in [2.75, 3.05) is 13.6 Å². The predicted octanol–water partition coefficient (Wildman–Crippen LogP) is 3.77. The molecule has 3 rings (SSSR count). The van der Waals surface area contributed by atoms with Gasteiger partial charge in [-0.25, -0.2) is 4.98 Å². The lowest BCUT2D eigenvalue weighted by Crippen LogP contribution is -2.41. The van der Waals surface area contributed by atoms with E-state index in [-0.39, 0.29) is 29.4 Å². The van der Waals surface area contributed by atoms with Crippen LogP contribution in [0.5, 0.6) is 0 Å². The topological polar surface area (TPSA) is 49.3 Å². The van der Waals surface area contributed by atoms with Crippen molar-refractivity contribution < 1.29 is 0 Å². The zero-order valence-electron chi connectivity index (χ0n) is 14.4. The number of guanidine groups is 1. The summed E-state index contributed by atoms with van der Waals surface area (Å²) in [6.45, 7) is 5.92. The minimum atomic E-state index is 0. The third-order valence-corrected chi connectivity index (χ3v) is 5.38. The molecule has 1 saturated carbocycles. The standard InChI is InChI=1S/C18H24N4S.HI/c1-13-6-4-5-7-15(13)18(8-9-18)12-22-17(19-3)21-11-16-20-10-14(2)23-16;/h4-7,10H,8-9,11-12H2,1-3H3,(H2,19,21,22);1H. The second-order valence-corrected chi connectivity index (χ2v) is 7.56. The molecule has 1 aromatic carbocycles. The molecule has 6 heteroatoms.